The minimum Gasteiger partial charge on any atom is -0.363 e. The molecule has 1 atom stereocenters. The van der Waals surface area contributed by atoms with E-state index in [9.17, 15) is 0 Å². The summed E-state index contributed by atoms with van der Waals surface area (Å²) in [6, 6.07) is 63.5. The van der Waals surface area contributed by atoms with Crippen molar-refractivity contribution in [2.75, 3.05) is 9.80 Å². The first-order valence-electron chi connectivity index (χ1n) is 20.2. The molecule has 2 heteroatoms. The lowest BCUT2D eigenvalue weighted by molar-refractivity contribution is 0.798. The van der Waals surface area contributed by atoms with E-state index in [1.54, 1.807) is 0 Å². The fourth-order valence-corrected chi connectivity index (χ4v) is 7.43. The van der Waals surface area contributed by atoms with Gasteiger partial charge in [-0.2, -0.15) is 0 Å². The van der Waals surface area contributed by atoms with Crippen LogP contribution in [0, 0.1) is 27.7 Å². The standard InChI is InChI=1S/C54H56N2/c1-40-6-14-47(15-7-40)36-55(37-48-16-8-41(2)9-17-48)53-32-26-46(27-33-53)23-22-45-24-28-51(29-25-45)44(5)52-30-34-54(35-31-52)56(38-49-18-10-42(3)11-19-49)39-50-20-12-43(4)13-21-50/h6-21,24-35,44H,22-23,36-39H2,1-5H3. The van der Waals surface area contributed by atoms with Crippen LogP contribution < -0.4 is 9.80 Å². The molecular formula is C54H56N2. The molecule has 0 heterocycles. The van der Waals surface area contributed by atoms with Gasteiger partial charge >= 0.3 is 0 Å². The van der Waals surface area contributed by atoms with Crippen molar-refractivity contribution in [1.29, 1.82) is 0 Å². The van der Waals surface area contributed by atoms with Gasteiger partial charge in [-0.3, -0.25) is 0 Å². The minimum absolute atomic E-state index is 0.316. The van der Waals surface area contributed by atoms with Crippen molar-refractivity contribution in [3.8, 4) is 0 Å². The third-order valence-corrected chi connectivity index (χ3v) is 11.2. The summed E-state index contributed by atoms with van der Waals surface area (Å²) in [5.41, 5.74) is 18.4. The van der Waals surface area contributed by atoms with Crippen molar-refractivity contribution in [2.24, 2.45) is 0 Å². The maximum atomic E-state index is 2.49. The SMILES string of the molecule is Cc1ccc(CN(Cc2ccc(C)cc2)c2ccc(CCc3ccc(C(C)c4ccc(N(Cc5ccc(C)cc5)Cc5ccc(C)cc5)cc4)cc3)cc2)cc1. The Kier molecular flexibility index (Phi) is 12.5. The van der Waals surface area contributed by atoms with Crippen molar-refractivity contribution in [3.63, 3.8) is 0 Å². The summed E-state index contributed by atoms with van der Waals surface area (Å²) < 4.78 is 0. The van der Waals surface area contributed by atoms with Crippen LogP contribution in [-0.4, -0.2) is 0 Å². The van der Waals surface area contributed by atoms with E-state index >= 15 is 0 Å². The zero-order valence-electron chi connectivity index (χ0n) is 33.9. The number of aryl methyl sites for hydroxylation is 6. The Bertz CT molecular complexity index is 2150. The molecule has 0 spiro atoms. The molecule has 0 aliphatic heterocycles. The van der Waals surface area contributed by atoms with E-state index in [0.29, 0.717) is 5.92 Å². The maximum absolute atomic E-state index is 2.49. The normalized spacial score (nSPS) is 11.7. The zero-order valence-corrected chi connectivity index (χ0v) is 33.9. The smallest absolute Gasteiger partial charge is 0.0433 e. The predicted molar refractivity (Wildman–Crippen MR) is 239 cm³/mol. The van der Waals surface area contributed by atoms with E-state index in [0.717, 1.165) is 39.0 Å². The van der Waals surface area contributed by atoms with Crippen LogP contribution in [0.3, 0.4) is 0 Å². The summed E-state index contributed by atoms with van der Waals surface area (Å²) in [6.45, 7) is 14.4. The molecule has 0 bridgehead atoms. The van der Waals surface area contributed by atoms with Gasteiger partial charge in [0.1, 0.15) is 0 Å². The van der Waals surface area contributed by atoms with E-state index in [2.05, 4.69) is 214 Å². The summed E-state index contributed by atoms with van der Waals surface area (Å²) in [5, 5.41) is 0. The second-order valence-electron chi connectivity index (χ2n) is 15.9. The quantitative estimate of drug-likeness (QED) is 0.104. The first kappa shape index (κ1) is 38.4. The number of benzene rings is 7. The second kappa shape index (κ2) is 18.2. The number of rotatable bonds is 15. The van der Waals surface area contributed by atoms with Gasteiger partial charge in [-0.05, 0) is 109 Å². The Labute approximate surface area is 336 Å². The molecule has 0 fully saturated rings. The molecule has 0 aliphatic rings. The third kappa shape index (κ3) is 10.5. The second-order valence-corrected chi connectivity index (χ2v) is 15.9. The summed E-state index contributed by atoms with van der Waals surface area (Å²) in [5.74, 6) is 0.316. The Hall–Kier alpha value is -5.86. The Morgan fingerprint density at radius 1 is 0.304 bits per heavy atom. The molecule has 0 aliphatic carbocycles. The van der Waals surface area contributed by atoms with Gasteiger partial charge in [0.05, 0.1) is 0 Å². The number of hydrogen-bond donors (Lipinski definition) is 0. The van der Waals surface area contributed by atoms with Crippen molar-refractivity contribution in [1.82, 2.24) is 0 Å². The van der Waals surface area contributed by atoms with Gasteiger partial charge in [0.2, 0.25) is 0 Å². The highest BCUT2D eigenvalue weighted by molar-refractivity contribution is 5.51. The molecule has 0 N–H and O–H groups in total. The molecule has 0 radical (unpaired) electrons. The van der Waals surface area contributed by atoms with E-state index in [-0.39, 0.29) is 0 Å². The fourth-order valence-electron chi connectivity index (χ4n) is 7.43. The molecule has 0 saturated heterocycles. The summed E-state index contributed by atoms with van der Waals surface area (Å²) in [4.78, 5) is 4.97. The molecule has 7 rings (SSSR count). The lowest BCUT2D eigenvalue weighted by Crippen LogP contribution is -2.22. The molecule has 7 aromatic carbocycles. The van der Waals surface area contributed by atoms with Crippen molar-refractivity contribution >= 4 is 11.4 Å². The average Bonchev–Trinajstić information content (AvgIpc) is 3.23. The Morgan fingerprint density at radius 2 is 0.536 bits per heavy atom. The molecule has 0 saturated carbocycles. The van der Waals surface area contributed by atoms with Gasteiger partial charge in [0.25, 0.3) is 0 Å². The van der Waals surface area contributed by atoms with Crippen LogP contribution in [0.2, 0.25) is 0 Å². The topological polar surface area (TPSA) is 6.48 Å². The number of nitrogens with zero attached hydrogens (tertiary/aromatic N) is 2. The largest absolute Gasteiger partial charge is 0.363 e. The lowest BCUT2D eigenvalue weighted by Gasteiger charge is -2.26. The first-order valence-corrected chi connectivity index (χ1v) is 20.2. The average molecular weight is 733 g/mol. The third-order valence-electron chi connectivity index (χ3n) is 11.2. The van der Waals surface area contributed by atoms with Crippen LogP contribution in [0.4, 0.5) is 11.4 Å². The van der Waals surface area contributed by atoms with Crippen LogP contribution in [0.25, 0.3) is 0 Å². The molecule has 56 heavy (non-hydrogen) atoms. The maximum Gasteiger partial charge on any atom is 0.0433 e. The zero-order chi connectivity index (χ0) is 38.9. The summed E-state index contributed by atoms with van der Waals surface area (Å²) in [7, 11) is 0. The number of anilines is 2. The highest BCUT2D eigenvalue weighted by Gasteiger charge is 2.14. The van der Waals surface area contributed by atoms with Gasteiger partial charge in [-0.25, -0.2) is 0 Å². The molecule has 2 nitrogen and oxygen atoms in total. The van der Waals surface area contributed by atoms with Crippen LogP contribution in [0.1, 0.15) is 79.6 Å². The minimum atomic E-state index is 0.316. The lowest BCUT2D eigenvalue weighted by atomic mass is 9.91. The molecule has 282 valence electrons. The van der Waals surface area contributed by atoms with Gasteiger partial charge < -0.3 is 9.80 Å². The van der Waals surface area contributed by atoms with E-state index in [1.165, 1.54) is 78.1 Å². The van der Waals surface area contributed by atoms with E-state index in [4.69, 9.17) is 0 Å². The fraction of sp³-hybridized carbons (Fsp3) is 0.222. The molecule has 7 aromatic rings. The van der Waals surface area contributed by atoms with Gasteiger partial charge in [-0.15, -0.1) is 0 Å². The number of hydrogen-bond acceptors (Lipinski definition) is 2. The summed E-state index contributed by atoms with van der Waals surface area (Å²) >= 11 is 0. The van der Waals surface area contributed by atoms with E-state index < -0.39 is 0 Å². The van der Waals surface area contributed by atoms with Crippen molar-refractivity contribution < 1.29 is 0 Å². The predicted octanol–water partition coefficient (Wildman–Crippen LogP) is 13.3. The Balaban J connectivity index is 0.977. The van der Waals surface area contributed by atoms with Crippen molar-refractivity contribution in [2.45, 2.75) is 79.6 Å². The van der Waals surface area contributed by atoms with Gasteiger partial charge in [0.15, 0.2) is 0 Å². The highest BCUT2D eigenvalue weighted by atomic mass is 15.1. The van der Waals surface area contributed by atoms with Crippen LogP contribution in [-0.2, 0) is 39.0 Å². The Morgan fingerprint density at radius 3 is 0.839 bits per heavy atom. The van der Waals surface area contributed by atoms with Crippen LogP contribution in [0.5, 0.6) is 0 Å². The van der Waals surface area contributed by atoms with Crippen LogP contribution >= 0.6 is 0 Å². The molecular weight excluding hydrogens is 677 g/mol. The first-order chi connectivity index (χ1) is 27.2. The highest BCUT2D eigenvalue weighted by Crippen LogP contribution is 2.29. The molecule has 0 aromatic heterocycles. The molecule has 1 unspecified atom stereocenters. The summed E-state index contributed by atoms with van der Waals surface area (Å²) in [6.07, 6.45) is 2.05. The molecule has 0 amide bonds. The van der Waals surface area contributed by atoms with Crippen LogP contribution in [0.15, 0.2) is 170 Å². The monoisotopic (exact) mass is 732 g/mol. The van der Waals surface area contributed by atoms with Crippen molar-refractivity contribution in [3.05, 3.63) is 237 Å². The van der Waals surface area contributed by atoms with E-state index in [1.807, 2.05) is 0 Å². The van der Waals surface area contributed by atoms with Gasteiger partial charge in [-0.1, -0.05) is 175 Å². The van der Waals surface area contributed by atoms with Gasteiger partial charge in [0, 0.05) is 43.5 Å².